The number of esters is 1. The van der Waals surface area contributed by atoms with Crippen LogP contribution in [0.5, 0.6) is 0 Å². The minimum absolute atomic E-state index is 0.00966. The average molecular weight is 462 g/mol. The van der Waals surface area contributed by atoms with Gasteiger partial charge in [0.25, 0.3) is 0 Å². The van der Waals surface area contributed by atoms with E-state index in [0.29, 0.717) is 37.2 Å². The predicted octanol–water partition coefficient (Wildman–Crippen LogP) is 1.50. The number of ether oxygens (including phenoxy) is 2. The lowest BCUT2D eigenvalue weighted by Gasteiger charge is -2.60. The molecule has 0 aromatic carbocycles. The van der Waals surface area contributed by atoms with Crippen molar-refractivity contribution in [2.45, 2.75) is 89.6 Å². The standard InChI is InChI=1S/C25H41BNO6/c1-3-4-20(30)33-18-8-15-14-6-5-13-7-19(29)26-12-24(13,2)22(14)17(28)9-25(15)16(23(18)25)11-32-21(31)10-27/h13-20,22-23,28-30H,3-12,27H2,1-2H3/t13?,14?,15?,16?,17-,18?,19?,20?,22?,23-,24-,25-/m0/s1. The first-order chi connectivity index (χ1) is 15.8. The molecule has 1 spiro atoms. The Labute approximate surface area is 198 Å². The van der Waals surface area contributed by atoms with E-state index in [2.05, 4.69) is 6.92 Å². The number of fused-ring (bicyclic) bond motifs is 4. The van der Waals surface area contributed by atoms with Gasteiger partial charge in [-0.2, -0.15) is 0 Å². The van der Waals surface area contributed by atoms with Crippen LogP contribution in [0.25, 0.3) is 0 Å². The molecule has 1 radical (unpaired) electrons. The molecule has 1 aliphatic heterocycles. The van der Waals surface area contributed by atoms with Crippen LogP contribution in [0.3, 0.4) is 0 Å². The molecular formula is C25H41BNO6. The maximum absolute atomic E-state index is 11.8. The zero-order chi connectivity index (χ0) is 23.5. The van der Waals surface area contributed by atoms with Crippen LogP contribution in [0.1, 0.15) is 58.8 Å². The summed E-state index contributed by atoms with van der Waals surface area (Å²) in [4.78, 5) is 11.8. The van der Waals surface area contributed by atoms with Crippen molar-refractivity contribution >= 4 is 13.2 Å². The molecule has 5 fully saturated rings. The first-order valence-electron chi connectivity index (χ1n) is 13.1. The van der Waals surface area contributed by atoms with E-state index in [9.17, 15) is 20.1 Å². The predicted molar refractivity (Wildman–Crippen MR) is 123 cm³/mol. The fraction of sp³-hybridized carbons (Fsp3) is 0.960. The lowest BCUT2D eigenvalue weighted by molar-refractivity contribution is -0.160. The van der Waals surface area contributed by atoms with E-state index in [1.807, 2.05) is 14.2 Å². The number of aliphatic hydroxyl groups is 3. The number of carbonyl (C=O) groups is 1. The summed E-state index contributed by atoms with van der Waals surface area (Å²) in [6, 6.07) is -0.328. The molecule has 0 aromatic heterocycles. The Hall–Kier alpha value is -0.665. The molecule has 5 N–H and O–H groups in total. The van der Waals surface area contributed by atoms with E-state index < -0.39 is 18.4 Å². The molecule has 1 heterocycles. The van der Waals surface area contributed by atoms with E-state index in [1.165, 1.54) is 0 Å². The van der Waals surface area contributed by atoms with Gasteiger partial charge in [-0.15, -0.1) is 0 Å². The van der Waals surface area contributed by atoms with Gasteiger partial charge in [0, 0.05) is 11.9 Å². The molecule has 4 saturated carbocycles. The van der Waals surface area contributed by atoms with Crippen LogP contribution in [-0.2, 0) is 14.3 Å². The normalized spacial score (nSPS) is 50.8. The van der Waals surface area contributed by atoms with Crippen molar-refractivity contribution in [3.63, 3.8) is 0 Å². The lowest BCUT2D eigenvalue weighted by atomic mass is 9.39. The van der Waals surface area contributed by atoms with Crippen molar-refractivity contribution in [1.29, 1.82) is 0 Å². The van der Waals surface area contributed by atoms with Crippen molar-refractivity contribution in [2.75, 3.05) is 13.2 Å². The molecule has 185 valence electrons. The summed E-state index contributed by atoms with van der Waals surface area (Å²) < 4.78 is 11.7. The summed E-state index contributed by atoms with van der Waals surface area (Å²) in [6.45, 7) is 4.56. The number of hydrogen-bond donors (Lipinski definition) is 4. The number of hydrogen-bond acceptors (Lipinski definition) is 7. The van der Waals surface area contributed by atoms with Crippen molar-refractivity contribution in [3.05, 3.63) is 0 Å². The van der Waals surface area contributed by atoms with Gasteiger partial charge in [0.15, 0.2) is 6.29 Å². The number of carbonyl (C=O) groups excluding carboxylic acids is 1. The van der Waals surface area contributed by atoms with Crippen LogP contribution in [-0.4, -0.2) is 66.2 Å². The van der Waals surface area contributed by atoms with Crippen LogP contribution in [0, 0.1) is 46.3 Å². The summed E-state index contributed by atoms with van der Waals surface area (Å²) in [5.74, 6) is 1.43. The van der Waals surface area contributed by atoms with E-state index in [-0.39, 0.29) is 47.2 Å². The fourth-order valence-corrected chi connectivity index (χ4v) is 9.28. The Bertz CT molecular complexity index is 754. The van der Waals surface area contributed by atoms with Crippen LogP contribution in [0.15, 0.2) is 0 Å². The summed E-state index contributed by atoms with van der Waals surface area (Å²) in [6.07, 6.45) is 5.66. The number of rotatable bonds is 7. The number of nitrogens with two attached hydrogens (primary N) is 1. The molecule has 0 amide bonds. The van der Waals surface area contributed by atoms with Crippen molar-refractivity contribution in [2.24, 2.45) is 52.1 Å². The highest BCUT2D eigenvalue weighted by molar-refractivity contribution is 6.37. The van der Waals surface area contributed by atoms with Crippen LogP contribution in [0.2, 0.25) is 6.32 Å². The first-order valence-corrected chi connectivity index (χ1v) is 13.1. The van der Waals surface area contributed by atoms with Gasteiger partial charge in [-0.3, -0.25) is 4.79 Å². The Balaban J connectivity index is 1.41. The topological polar surface area (TPSA) is 122 Å². The van der Waals surface area contributed by atoms with Gasteiger partial charge < -0.3 is 30.5 Å². The van der Waals surface area contributed by atoms with Gasteiger partial charge in [-0.1, -0.05) is 26.6 Å². The molecule has 8 unspecified atom stereocenters. The SMILES string of the molecule is CCCC(O)OC1CC2C3CCC4CC(O)[B]C[C@]4(C)C3[C@@H](O)C[C@@]23C(COC(=O)CN)[C@@H]13. The summed E-state index contributed by atoms with van der Waals surface area (Å²) in [5, 5.41) is 32.3. The second-order valence-corrected chi connectivity index (χ2v) is 11.9. The third-order valence-electron chi connectivity index (χ3n) is 10.5. The fourth-order valence-electron chi connectivity index (χ4n) is 9.28. The molecule has 33 heavy (non-hydrogen) atoms. The van der Waals surface area contributed by atoms with Gasteiger partial charge in [-0.05, 0) is 78.9 Å². The highest BCUT2D eigenvalue weighted by atomic mass is 16.6. The molecule has 0 bridgehead atoms. The van der Waals surface area contributed by atoms with Gasteiger partial charge in [0.05, 0.1) is 25.4 Å². The van der Waals surface area contributed by atoms with E-state index in [1.54, 1.807) is 0 Å². The zero-order valence-corrected chi connectivity index (χ0v) is 20.1. The largest absolute Gasteiger partial charge is 0.464 e. The minimum Gasteiger partial charge on any atom is -0.464 e. The quantitative estimate of drug-likeness (QED) is 0.257. The summed E-state index contributed by atoms with van der Waals surface area (Å²) in [5.41, 5.74) is 5.39. The first kappa shape index (κ1) is 24.0. The van der Waals surface area contributed by atoms with Gasteiger partial charge in [-0.25, -0.2) is 0 Å². The van der Waals surface area contributed by atoms with E-state index >= 15 is 0 Å². The Morgan fingerprint density at radius 2 is 2.03 bits per heavy atom. The third-order valence-corrected chi connectivity index (χ3v) is 10.5. The Kier molecular flexibility index (Phi) is 6.39. The molecule has 8 heteroatoms. The van der Waals surface area contributed by atoms with Crippen LogP contribution in [0.4, 0.5) is 0 Å². The minimum atomic E-state index is -0.770. The Morgan fingerprint density at radius 3 is 2.76 bits per heavy atom. The third kappa shape index (κ3) is 3.70. The average Bonchev–Trinajstić information content (AvgIpc) is 3.27. The van der Waals surface area contributed by atoms with Gasteiger partial charge >= 0.3 is 5.97 Å². The maximum Gasteiger partial charge on any atom is 0.319 e. The summed E-state index contributed by atoms with van der Waals surface area (Å²) in [7, 11) is 2.05. The number of aliphatic hydroxyl groups excluding tert-OH is 3. The van der Waals surface area contributed by atoms with Crippen molar-refractivity contribution < 1.29 is 29.6 Å². The van der Waals surface area contributed by atoms with Crippen molar-refractivity contribution in [1.82, 2.24) is 0 Å². The maximum atomic E-state index is 11.8. The smallest absolute Gasteiger partial charge is 0.319 e. The van der Waals surface area contributed by atoms with E-state index in [4.69, 9.17) is 15.2 Å². The van der Waals surface area contributed by atoms with Crippen LogP contribution >= 0.6 is 0 Å². The highest BCUT2D eigenvalue weighted by Crippen LogP contribution is 2.79. The second-order valence-electron chi connectivity index (χ2n) is 11.9. The second kappa shape index (κ2) is 8.77. The molecule has 12 atom stereocenters. The van der Waals surface area contributed by atoms with Crippen molar-refractivity contribution in [3.8, 4) is 0 Å². The van der Waals surface area contributed by atoms with Crippen LogP contribution < -0.4 is 5.73 Å². The molecule has 0 aromatic rings. The monoisotopic (exact) mass is 462 g/mol. The summed E-state index contributed by atoms with van der Waals surface area (Å²) >= 11 is 0. The van der Waals surface area contributed by atoms with Gasteiger partial charge in [0.1, 0.15) is 7.28 Å². The molecular weight excluding hydrogens is 421 g/mol. The molecule has 5 aliphatic rings. The molecule has 1 saturated heterocycles. The molecule has 5 rings (SSSR count). The molecule has 4 aliphatic carbocycles. The molecule has 7 nitrogen and oxygen atoms in total. The zero-order valence-electron chi connectivity index (χ0n) is 20.1. The Morgan fingerprint density at radius 1 is 1.24 bits per heavy atom. The van der Waals surface area contributed by atoms with Gasteiger partial charge in [0.2, 0.25) is 0 Å². The lowest BCUT2D eigenvalue weighted by Crippen LogP contribution is -2.58. The van der Waals surface area contributed by atoms with E-state index in [0.717, 1.165) is 38.4 Å². The highest BCUT2D eigenvalue weighted by Gasteiger charge is 2.79.